The topological polar surface area (TPSA) is 61.2 Å². The van der Waals surface area contributed by atoms with Crippen LogP contribution in [0.25, 0.3) is 11.7 Å². The second kappa shape index (κ2) is 9.43. The predicted octanol–water partition coefficient (Wildman–Crippen LogP) is 3.69. The lowest BCUT2D eigenvalue weighted by Gasteiger charge is -2.37. The molecule has 4 heterocycles. The molecule has 0 saturated carbocycles. The maximum atomic E-state index is 14.3. The number of pyridine rings is 1. The third kappa shape index (κ3) is 4.32. The highest BCUT2D eigenvalue weighted by atomic mass is 32.2. The van der Waals surface area contributed by atoms with E-state index in [9.17, 15) is 14.0 Å². The number of nitrogens with zero attached hydrogens (tertiary/aromatic N) is 5. The molecular weight excluding hydrogens is 485 g/mol. The number of para-hydroxylation sites is 1. The zero-order chi connectivity index (χ0) is 24.7. The molecule has 0 aliphatic carbocycles. The summed E-state index contributed by atoms with van der Waals surface area (Å²) in [4.78, 5) is 37.3. The number of thiocarbonyl (C=S) groups is 1. The molecular formula is C25H24FN5O2S2. The van der Waals surface area contributed by atoms with Gasteiger partial charge in [0.05, 0.1) is 16.2 Å². The van der Waals surface area contributed by atoms with Gasteiger partial charge in [-0.3, -0.25) is 18.9 Å². The van der Waals surface area contributed by atoms with Crippen LogP contribution in [0.5, 0.6) is 0 Å². The maximum Gasteiger partial charge on any atom is 0.267 e. The SMILES string of the molecule is CCN1C(=O)C(=Cc2c(N3CCN(c4ccccc4F)CC3)nc3ccc(C)cn3c2=O)SC1=S. The fourth-order valence-corrected chi connectivity index (χ4v) is 5.75. The van der Waals surface area contributed by atoms with E-state index in [1.165, 1.54) is 27.1 Å². The molecule has 5 rings (SSSR count). The number of amides is 1. The van der Waals surface area contributed by atoms with Gasteiger partial charge in [0, 0.05) is 38.9 Å². The van der Waals surface area contributed by atoms with E-state index in [0.717, 1.165) is 5.56 Å². The van der Waals surface area contributed by atoms with Crippen molar-refractivity contribution >= 4 is 57.4 Å². The Morgan fingerprint density at radius 1 is 1.09 bits per heavy atom. The third-order valence-corrected chi connectivity index (χ3v) is 7.60. The summed E-state index contributed by atoms with van der Waals surface area (Å²) in [6.07, 6.45) is 3.37. The largest absolute Gasteiger partial charge is 0.366 e. The van der Waals surface area contributed by atoms with Crippen molar-refractivity contribution in [2.45, 2.75) is 13.8 Å². The van der Waals surface area contributed by atoms with E-state index in [4.69, 9.17) is 17.2 Å². The molecule has 7 nitrogen and oxygen atoms in total. The van der Waals surface area contributed by atoms with Gasteiger partial charge in [0.2, 0.25) is 0 Å². The number of aryl methyl sites for hydroxylation is 1. The number of fused-ring (bicyclic) bond motifs is 1. The number of thioether (sulfide) groups is 1. The lowest BCUT2D eigenvalue weighted by atomic mass is 10.2. The smallest absolute Gasteiger partial charge is 0.267 e. The van der Waals surface area contributed by atoms with Gasteiger partial charge in [-0.05, 0) is 43.7 Å². The molecule has 0 radical (unpaired) electrons. The molecule has 0 spiro atoms. The Kier molecular flexibility index (Phi) is 6.33. The Morgan fingerprint density at radius 3 is 2.49 bits per heavy atom. The van der Waals surface area contributed by atoms with Gasteiger partial charge in [0.15, 0.2) is 0 Å². The van der Waals surface area contributed by atoms with Crippen molar-refractivity contribution in [2.24, 2.45) is 0 Å². The molecule has 2 aromatic heterocycles. The lowest BCUT2D eigenvalue weighted by molar-refractivity contribution is -0.121. The summed E-state index contributed by atoms with van der Waals surface area (Å²) in [5.74, 6) is 0.0670. The molecule has 0 bridgehead atoms. The summed E-state index contributed by atoms with van der Waals surface area (Å²) >= 11 is 6.54. The number of carbonyl (C=O) groups is 1. The number of aromatic nitrogens is 2. The number of benzene rings is 1. The minimum atomic E-state index is -0.253. The highest BCUT2D eigenvalue weighted by Crippen LogP contribution is 2.33. The van der Waals surface area contributed by atoms with Crippen molar-refractivity contribution in [1.29, 1.82) is 0 Å². The van der Waals surface area contributed by atoms with Gasteiger partial charge < -0.3 is 9.80 Å². The molecule has 2 fully saturated rings. The number of rotatable bonds is 4. The van der Waals surface area contributed by atoms with E-state index in [1.54, 1.807) is 24.4 Å². The zero-order valence-electron chi connectivity index (χ0n) is 19.4. The minimum Gasteiger partial charge on any atom is -0.366 e. The molecule has 0 unspecified atom stereocenters. The Balaban J connectivity index is 1.55. The summed E-state index contributed by atoms with van der Waals surface area (Å²) in [5.41, 5.74) is 2.13. The van der Waals surface area contributed by atoms with Gasteiger partial charge >= 0.3 is 0 Å². The number of hydrogen-bond acceptors (Lipinski definition) is 7. The van der Waals surface area contributed by atoms with E-state index >= 15 is 0 Å². The summed E-state index contributed by atoms with van der Waals surface area (Å²) in [6, 6.07) is 10.5. The summed E-state index contributed by atoms with van der Waals surface area (Å²) < 4.78 is 16.3. The first-order chi connectivity index (χ1) is 16.9. The van der Waals surface area contributed by atoms with Gasteiger partial charge in [-0.15, -0.1) is 0 Å². The molecule has 0 N–H and O–H groups in total. The van der Waals surface area contributed by atoms with E-state index in [-0.39, 0.29) is 17.3 Å². The molecule has 2 aliphatic rings. The quantitative estimate of drug-likeness (QED) is 0.393. The van der Waals surface area contributed by atoms with Crippen LogP contribution in [0.4, 0.5) is 15.9 Å². The molecule has 3 aromatic rings. The lowest BCUT2D eigenvalue weighted by Crippen LogP contribution is -2.47. The van der Waals surface area contributed by atoms with Crippen LogP contribution in [0.3, 0.4) is 0 Å². The molecule has 2 aliphatic heterocycles. The Hall–Kier alpha value is -3.24. The number of likely N-dealkylation sites (N-methyl/N-ethyl adjacent to an activating group) is 1. The molecule has 10 heteroatoms. The number of hydrogen-bond donors (Lipinski definition) is 0. The highest BCUT2D eigenvalue weighted by Gasteiger charge is 2.32. The van der Waals surface area contributed by atoms with Crippen LogP contribution in [0.2, 0.25) is 0 Å². The first-order valence-corrected chi connectivity index (χ1v) is 12.6. The van der Waals surface area contributed by atoms with Crippen LogP contribution < -0.4 is 15.4 Å². The zero-order valence-corrected chi connectivity index (χ0v) is 21.0. The number of anilines is 2. The molecule has 0 atom stereocenters. The summed E-state index contributed by atoms with van der Waals surface area (Å²) in [6.45, 7) is 6.51. The average molecular weight is 510 g/mol. The van der Waals surface area contributed by atoms with Crippen LogP contribution in [0.1, 0.15) is 18.1 Å². The molecule has 35 heavy (non-hydrogen) atoms. The highest BCUT2D eigenvalue weighted by molar-refractivity contribution is 8.26. The van der Waals surface area contributed by atoms with Crippen molar-refractivity contribution in [3.63, 3.8) is 0 Å². The number of carbonyl (C=O) groups excluding carboxylic acids is 1. The first-order valence-electron chi connectivity index (χ1n) is 11.4. The fraction of sp³-hybridized carbons (Fsp3) is 0.280. The van der Waals surface area contributed by atoms with Crippen molar-refractivity contribution in [2.75, 3.05) is 42.5 Å². The van der Waals surface area contributed by atoms with Crippen LogP contribution >= 0.6 is 24.0 Å². The van der Waals surface area contributed by atoms with Crippen LogP contribution in [-0.4, -0.2) is 57.2 Å². The predicted molar refractivity (Wildman–Crippen MR) is 143 cm³/mol. The summed E-state index contributed by atoms with van der Waals surface area (Å²) in [7, 11) is 0. The van der Waals surface area contributed by atoms with Crippen molar-refractivity contribution in [3.8, 4) is 0 Å². The van der Waals surface area contributed by atoms with Crippen LogP contribution in [-0.2, 0) is 4.79 Å². The van der Waals surface area contributed by atoms with Crippen molar-refractivity contribution < 1.29 is 9.18 Å². The molecule has 1 aromatic carbocycles. The van der Waals surface area contributed by atoms with Gasteiger partial charge in [-0.2, -0.15) is 0 Å². The van der Waals surface area contributed by atoms with E-state index in [0.29, 0.717) is 64.7 Å². The molecule has 1 amide bonds. The average Bonchev–Trinajstić information content (AvgIpc) is 3.13. The minimum absolute atomic E-state index is 0.202. The normalized spacial score (nSPS) is 17.8. The van der Waals surface area contributed by atoms with Gasteiger partial charge in [-0.1, -0.05) is 42.2 Å². The van der Waals surface area contributed by atoms with E-state index < -0.39 is 0 Å². The van der Waals surface area contributed by atoms with Crippen molar-refractivity contribution in [1.82, 2.24) is 14.3 Å². The van der Waals surface area contributed by atoms with Crippen molar-refractivity contribution in [3.05, 3.63) is 74.8 Å². The molecule has 180 valence electrons. The second-order valence-corrected chi connectivity index (χ2v) is 10.1. The maximum absolute atomic E-state index is 14.3. The van der Waals surface area contributed by atoms with E-state index in [2.05, 4.69) is 0 Å². The van der Waals surface area contributed by atoms with Gasteiger partial charge in [-0.25, -0.2) is 9.37 Å². The van der Waals surface area contributed by atoms with E-state index in [1.807, 2.05) is 41.8 Å². The fourth-order valence-electron chi connectivity index (χ4n) is 4.39. The Bertz CT molecular complexity index is 1430. The monoisotopic (exact) mass is 509 g/mol. The molecule has 2 saturated heterocycles. The summed E-state index contributed by atoms with van der Waals surface area (Å²) in [5, 5.41) is 0. The number of piperazine rings is 1. The van der Waals surface area contributed by atoms with Gasteiger partial charge in [0.25, 0.3) is 11.5 Å². The third-order valence-electron chi connectivity index (χ3n) is 6.22. The van der Waals surface area contributed by atoms with Crippen LogP contribution in [0.15, 0.2) is 52.3 Å². The Morgan fingerprint density at radius 2 is 1.80 bits per heavy atom. The number of halogens is 1. The standard InChI is InChI=1S/C25H24FN5O2S2/c1-3-30-24(33)20(35-25(30)34)14-17-22(27-21-9-8-16(2)15-31(21)23(17)32)29-12-10-28(11-13-29)19-7-5-4-6-18(19)26/h4-9,14-15H,3,10-13H2,1-2H3. The first kappa shape index (κ1) is 23.5. The second-order valence-electron chi connectivity index (χ2n) is 8.44. The van der Waals surface area contributed by atoms with Crippen LogP contribution in [0, 0.1) is 12.7 Å². The Labute approximate surface area is 211 Å². The van der Waals surface area contributed by atoms with Gasteiger partial charge in [0.1, 0.15) is 21.6 Å².